The van der Waals surface area contributed by atoms with Gasteiger partial charge in [-0.05, 0) is 45.1 Å². The van der Waals surface area contributed by atoms with Crippen LogP contribution in [0.3, 0.4) is 0 Å². The highest BCUT2D eigenvalue weighted by molar-refractivity contribution is 7.89. The van der Waals surface area contributed by atoms with E-state index in [0.29, 0.717) is 35.9 Å². The molecule has 7 heteroatoms. The minimum Gasteiger partial charge on any atom is -0.397 e. The van der Waals surface area contributed by atoms with Crippen molar-refractivity contribution < 1.29 is 8.42 Å². The Bertz CT molecular complexity index is 565. The monoisotopic (exact) mass is 333 g/mol. The first-order valence-corrected chi connectivity index (χ1v) is 8.72. The van der Waals surface area contributed by atoms with Gasteiger partial charge in [0.1, 0.15) is 0 Å². The van der Waals surface area contributed by atoms with Gasteiger partial charge < -0.3 is 10.6 Å². The maximum atomic E-state index is 12.8. The topological polar surface area (TPSA) is 66.6 Å². The van der Waals surface area contributed by atoms with E-state index in [1.54, 1.807) is 13.0 Å². The van der Waals surface area contributed by atoms with E-state index in [9.17, 15) is 8.42 Å². The second kappa shape index (κ2) is 7.45. The third-order valence-electron chi connectivity index (χ3n) is 3.16. The van der Waals surface area contributed by atoms with Crippen molar-refractivity contribution in [3.8, 4) is 0 Å². The third-order valence-corrected chi connectivity index (χ3v) is 5.56. The first-order chi connectivity index (χ1) is 9.70. The predicted molar refractivity (Wildman–Crippen MR) is 88.2 cm³/mol. The van der Waals surface area contributed by atoms with Crippen LogP contribution in [0.25, 0.3) is 0 Å². The predicted octanol–water partition coefficient (Wildman–Crippen LogP) is 2.19. The number of sulfonamides is 1. The first-order valence-electron chi connectivity index (χ1n) is 6.90. The van der Waals surface area contributed by atoms with Crippen LogP contribution in [0.5, 0.6) is 0 Å². The highest BCUT2D eigenvalue weighted by atomic mass is 35.5. The lowest BCUT2D eigenvalue weighted by molar-refractivity contribution is 0.333. The standard InChI is InChI=1S/C14H24ClN3O2S/c1-5-6-18(8-7-17(3)4)21(19,20)12-9-11(2)14(15)13(16)10-12/h9-10H,5-8,16H2,1-4H3. The molecule has 21 heavy (non-hydrogen) atoms. The summed E-state index contributed by atoms with van der Waals surface area (Å²) in [6, 6.07) is 3.01. The highest BCUT2D eigenvalue weighted by Crippen LogP contribution is 2.28. The molecule has 1 aromatic rings. The Labute approximate surface area is 132 Å². The van der Waals surface area contributed by atoms with E-state index in [1.807, 2.05) is 25.9 Å². The van der Waals surface area contributed by atoms with E-state index in [-0.39, 0.29) is 4.90 Å². The Balaban J connectivity index is 3.16. The van der Waals surface area contributed by atoms with E-state index in [4.69, 9.17) is 17.3 Å². The average molecular weight is 334 g/mol. The number of rotatable bonds is 7. The normalized spacial score (nSPS) is 12.3. The van der Waals surface area contributed by atoms with Crippen LogP contribution in [0.15, 0.2) is 17.0 Å². The molecule has 0 radical (unpaired) electrons. The summed E-state index contributed by atoms with van der Waals surface area (Å²) in [5, 5.41) is 0.407. The van der Waals surface area contributed by atoms with Gasteiger partial charge in [0.15, 0.2) is 0 Å². The van der Waals surface area contributed by atoms with Gasteiger partial charge in [-0.1, -0.05) is 18.5 Å². The third kappa shape index (κ3) is 4.57. The molecule has 0 amide bonds. The number of benzene rings is 1. The van der Waals surface area contributed by atoms with Crippen molar-refractivity contribution in [3.63, 3.8) is 0 Å². The highest BCUT2D eigenvalue weighted by Gasteiger charge is 2.25. The number of nitrogens with two attached hydrogens (primary N) is 1. The zero-order valence-corrected chi connectivity index (χ0v) is 14.6. The summed E-state index contributed by atoms with van der Waals surface area (Å²) in [4.78, 5) is 2.16. The van der Waals surface area contributed by atoms with Gasteiger partial charge in [0.2, 0.25) is 10.0 Å². The Kier molecular flexibility index (Phi) is 6.46. The van der Waals surface area contributed by atoms with Crippen molar-refractivity contribution in [2.45, 2.75) is 25.2 Å². The molecule has 0 atom stereocenters. The van der Waals surface area contributed by atoms with E-state index < -0.39 is 10.0 Å². The smallest absolute Gasteiger partial charge is 0.243 e. The quantitative estimate of drug-likeness (QED) is 0.777. The average Bonchev–Trinajstić information content (AvgIpc) is 2.39. The minimum absolute atomic E-state index is 0.203. The van der Waals surface area contributed by atoms with Crippen molar-refractivity contribution in [2.24, 2.45) is 0 Å². The molecule has 0 saturated carbocycles. The number of anilines is 1. The molecule has 120 valence electrons. The van der Waals surface area contributed by atoms with E-state index in [0.717, 1.165) is 6.42 Å². The SMILES string of the molecule is CCCN(CCN(C)C)S(=O)(=O)c1cc(C)c(Cl)c(N)c1. The molecule has 0 aliphatic heterocycles. The lowest BCUT2D eigenvalue weighted by Crippen LogP contribution is -2.37. The molecule has 0 heterocycles. The Hall–Kier alpha value is -0.820. The Morgan fingerprint density at radius 2 is 1.81 bits per heavy atom. The number of halogens is 1. The summed E-state index contributed by atoms with van der Waals surface area (Å²) in [6.07, 6.45) is 0.759. The second-order valence-corrected chi connectivity index (χ2v) is 7.67. The summed E-state index contributed by atoms with van der Waals surface area (Å²) in [5.74, 6) is 0. The maximum Gasteiger partial charge on any atom is 0.243 e. The number of hydrogen-bond acceptors (Lipinski definition) is 4. The lowest BCUT2D eigenvalue weighted by atomic mass is 10.2. The number of hydrogen-bond donors (Lipinski definition) is 1. The maximum absolute atomic E-state index is 12.8. The van der Waals surface area contributed by atoms with Gasteiger partial charge in [-0.2, -0.15) is 4.31 Å². The molecule has 0 aliphatic rings. The minimum atomic E-state index is -3.55. The van der Waals surface area contributed by atoms with E-state index >= 15 is 0 Å². The zero-order chi connectivity index (χ0) is 16.2. The van der Waals surface area contributed by atoms with Crippen LogP contribution in [-0.4, -0.2) is 51.4 Å². The van der Waals surface area contributed by atoms with E-state index in [2.05, 4.69) is 0 Å². The van der Waals surface area contributed by atoms with Gasteiger partial charge in [0, 0.05) is 19.6 Å². The largest absolute Gasteiger partial charge is 0.397 e. The van der Waals surface area contributed by atoms with Crippen LogP contribution < -0.4 is 5.73 Å². The zero-order valence-electron chi connectivity index (χ0n) is 13.1. The first kappa shape index (κ1) is 18.2. The van der Waals surface area contributed by atoms with Crippen LogP contribution >= 0.6 is 11.6 Å². The van der Waals surface area contributed by atoms with Crippen LogP contribution in [-0.2, 0) is 10.0 Å². The molecule has 0 aliphatic carbocycles. The van der Waals surface area contributed by atoms with Gasteiger partial charge in [-0.15, -0.1) is 0 Å². The molecule has 0 bridgehead atoms. The molecule has 0 spiro atoms. The molecule has 1 rings (SSSR count). The van der Waals surface area contributed by atoms with Crippen LogP contribution in [0.4, 0.5) is 5.69 Å². The molecule has 0 aromatic heterocycles. The molecule has 5 nitrogen and oxygen atoms in total. The summed E-state index contributed by atoms with van der Waals surface area (Å²) in [5.41, 5.74) is 6.75. The summed E-state index contributed by atoms with van der Waals surface area (Å²) in [7, 11) is 0.283. The van der Waals surface area contributed by atoms with Crippen molar-refractivity contribution in [1.82, 2.24) is 9.21 Å². The molecular weight excluding hydrogens is 310 g/mol. The van der Waals surface area contributed by atoms with E-state index in [1.165, 1.54) is 10.4 Å². The fourth-order valence-corrected chi connectivity index (χ4v) is 3.73. The van der Waals surface area contributed by atoms with Gasteiger partial charge in [-0.3, -0.25) is 0 Å². The van der Waals surface area contributed by atoms with Gasteiger partial charge in [0.05, 0.1) is 15.6 Å². The van der Waals surface area contributed by atoms with Crippen LogP contribution in [0, 0.1) is 6.92 Å². The van der Waals surface area contributed by atoms with Crippen molar-refractivity contribution in [3.05, 3.63) is 22.7 Å². The van der Waals surface area contributed by atoms with Gasteiger partial charge in [0.25, 0.3) is 0 Å². The Morgan fingerprint density at radius 3 is 2.29 bits per heavy atom. The fourth-order valence-electron chi connectivity index (χ4n) is 1.97. The fraction of sp³-hybridized carbons (Fsp3) is 0.571. The molecule has 1 aromatic carbocycles. The number of nitrogen functional groups attached to an aromatic ring is 1. The van der Waals surface area contributed by atoms with Gasteiger partial charge in [-0.25, -0.2) is 8.42 Å². The summed E-state index contributed by atoms with van der Waals surface area (Å²) in [6.45, 7) is 5.31. The molecular formula is C14H24ClN3O2S. The van der Waals surface area contributed by atoms with Crippen LogP contribution in [0.1, 0.15) is 18.9 Å². The van der Waals surface area contributed by atoms with Crippen molar-refractivity contribution >= 4 is 27.3 Å². The number of nitrogens with zero attached hydrogens (tertiary/aromatic N) is 2. The summed E-state index contributed by atoms with van der Waals surface area (Å²) >= 11 is 6.00. The van der Waals surface area contributed by atoms with Crippen molar-refractivity contribution in [1.29, 1.82) is 0 Å². The molecule has 0 unspecified atom stereocenters. The summed E-state index contributed by atoms with van der Waals surface area (Å²) < 4.78 is 27.0. The number of aryl methyl sites for hydroxylation is 1. The lowest BCUT2D eigenvalue weighted by Gasteiger charge is -2.24. The second-order valence-electron chi connectivity index (χ2n) is 5.35. The van der Waals surface area contributed by atoms with Crippen LogP contribution in [0.2, 0.25) is 5.02 Å². The molecule has 2 N–H and O–H groups in total. The molecule has 0 fully saturated rings. The van der Waals surface area contributed by atoms with Crippen molar-refractivity contribution in [2.75, 3.05) is 39.5 Å². The Morgan fingerprint density at radius 1 is 1.19 bits per heavy atom. The molecule has 0 saturated heterocycles. The van der Waals surface area contributed by atoms with Gasteiger partial charge >= 0.3 is 0 Å². The number of likely N-dealkylation sites (N-methyl/N-ethyl adjacent to an activating group) is 1.